The lowest BCUT2D eigenvalue weighted by atomic mass is 9.98. The van der Waals surface area contributed by atoms with E-state index in [1.54, 1.807) is 18.3 Å². The number of hydrogen-bond donors (Lipinski definition) is 1. The van der Waals surface area contributed by atoms with Crippen molar-refractivity contribution in [3.63, 3.8) is 0 Å². The minimum Gasteiger partial charge on any atom is -0.336 e. The molecule has 1 heterocycles. The minimum absolute atomic E-state index is 0.255. The van der Waals surface area contributed by atoms with Gasteiger partial charge in [0.25, 0.3) is 0 Å². The van der Waals surface area contributed by atoms with E-state index in [4.69, 9.17) is 0 Å². The molecule has 0 aliphatic rings. The van der Waals surface area contributed by atoms with Crippen LogP contribution in [0.1, 0.15) is 24.0 Å². The molecule has 0 aliphatic carbocycles. The van der Waals surface area contributed by atoms with Gasteiger partial charge in [-0.3, -0.25) is 9.59 Å². The quantitative estimate of drug-likeness (QED) is 0.905. The first-order chi connectivity index (χ1) is 11.8. The number of carbonyl (C=O) groups excluding carboxylic acids is 2. The summed E-state index contributed by atoms with van der Waals surface area (Å²) in [6.45, 7) is 3.01. The maximum absolute atomic E-state index is 13.8. The Kier molecular flexibility index (Phi) is 5.80. The van der Waals surface area contributed by atoms with Crippen LogP contribution in [-0.4, -0.2) is 35.3 Å². The Morgan fingerprint density at radius 3 is 2.48 bits per heavy atom. The van der Waals surface area contributed by atoms with Gasteiger partial charge in [-0.1, -0.05) is 6.07 Å². The summed E-state index contributed by atoms with van der Waals surface area (Å²) in [5.74, 6) is -3.26. The molecule has 0 aliphatic heterocycles. The summed E-state index contributed by atoms with van der Waals surface area (Å²) < 4.78 is 27.6. The van der Waals surface area contributed by atoms with Gasteiger partial charge in [0, 0.05) is 18.8 Å². The number of nitrogens with one attached hydrogen (secondary N) is 1. The highest BCUT2D eigenvalue weighted by Gasteiger charge is 2.26. The number of anilines is 1. The van der Waals surface area contributed by atoms with Gasteiger partial charge in [0.15, 0.2) is 0 Å². The lowest BCUT2D eigenvalue weighted by Gasteiger charge is -2.21. The topological polar surface area (TPSA) is 62.3 Å². The van der Waals surface area contributed by atoms with E-state index in [1.807, 2.05) is 6.92 Å². The fourth-order valence-electron chi connectivity index (χ4n) is 2.46. The zero-order chi connectivity index (χ0) is 18.6. The molecule has 0 bridgehead atoms. The van der Waals surface area contributed by atoms with Crippen LogP contribution >= 0.6 is 0 Å². The number of pyridine rings is 1. The molecule has 7 heteroatoms. The van der Waals surface area contributed by atoms with Crippen LogP contribution in [0.4, 0.5) is 14.6 Å². The summed E-state index contributed by atoms with van der Waals surface area (Å²) in [5.41, 5.74) is 0.624. The summed E-state index contributed by atoms with van der Waals surface area (Å²) >= 11 is 0. The van der Waals surface area contributed by atoms with Crippen LogP contribution in [0.3, 0.4) is 0 Å². The van der Waals surface area contributed by atoms with Crippen LogP contribution in [0, 0.1) is 18.6 Å². The predicted octanol–water partition coefficient (Wildman–Crippen LogP) is 2.87. The van der Waals surface area contributed by atoms with Gasteiger partial charge in [-0.05, 0) is 43.7 Å². The van der Waals surface area contributed by atoms with E-state index in [0.29, 0.717) is 5.82 Å². The van der Waals surface area contributed by atoms with Crippen LogP contribution in [0.5, 0.6) is 0 Å². The van der Waals surface area contributed by atoms with Crippen molar-refractivity contribution in [1.29, 1.82) is 0 Å². The van der Waals surface area contributed by atoms with Gasteiger partial charge < -0.3 is 10.2 Å². The molecule has 1 atom stereocenters. The second-order valence-electron chi connectivity index (χ2n) is 5.82. The van der Waals surface area contributed by atoms with Crippen molar-refractivity contribution in [1.82, 2.24) is 9.88 Å². The molecule has 1 aromatic heterocycles. The molecule has 1 N–H and O–H groups in total. The van der Waals surface area contributed by atoms with E-state index >= 15 is 0 Å². The third kappa shape index (κ3) is 4.59. The number of carbonyl (C=O) groups is 2. The van der Waals surface area contributed by atoms with Crippen molar-refractivity contribution >= 4 is 17.6 Å². The number of halogens is 2. The van der Waals surface area contributed by atoms with Gasteiger partial charge in [-0.25, -0.2) is 13.8 Å². The first-order valence-electron chi connectivity index (χ1n) is 7.71. The fraction of sp³-hybridized carbons (Fsp3) is 0.278. The normalized spacial score (nSPS) is 11.7. The Morgan fingerprint density at radius 1 is 1.24 bits per heavy atom. The molecule has 132 valence electrons. The molecule has 25 heavy (non-hydrogen) atoms. The van der Waals surface area contributed by atoms with Gasteiger partial charge in [-0.15, -0.1) is 0 Å². The van der Waals surface area contributed by atoms with E-state index in [1.165, 1.54) is 20.0 Å². The number of likely N-dealkylation sites (N-methyl/N-ethyl adjacent to an activating group) is 1. The minimum atomic E-state index is -1.05. The molecule has 0 saturated carbocycles. The molecular formula is C18H19F2N3O2. The Labute approximate surface area is 144 Å². The number of aryl methyl sites for hydroxylation is 1. The molecular weight excluding hydrogens is 328 g/mol. The molecule has 2 amide bonds. The van der Waals surface area contributed by atoms with Crippen LogP contribution in [0.25, 0.3) is 0 Å². The molecule has 0 unspecified atom stereocenters. The Hall–Kier alpha value is -2.83. The van der Waals surface area contributed by atoms with E-state index < -0.39 is 29.4 Å². The lowest BCUT2D eigenvalue weighted by molar-refractivity contribution is -0.134. The summed E-state index contributed by atoms with van der Waals surface area (Å²) in [6, 6.07) is 6.90. The molecule has 0 fully saturated rings. The SMILES string of the molecule is Cc1ccnc(NC(=O)CN(C)C(=O)[C@H](C)c2c(F)cccc2F)c1. The van der Waals surface area contributed by atoms with Crippen molar-refractivity contribution in [3.05, 3.63) is 59.3 Å². The molecule has 5 nitrogen and oxygen atoms in total. The first-order valence-corrected chi connectivity index (χ1v) is 7.71. The summed E-state index contributed by atoms with van der Waals surface area (Å²) in [6.07, 6.45) is 1.56. The van der Waals surface area contributed by atoms with Gasteiger partial charge in [-0.2, -0.15) is 0 Å². The second kappa shape index (κ2) is 7.83. The highest BCUT2D eigenvalue weighted by molar-refractivity contribution is 5.94. The molecule has 1 aromatic carbocycles. The van der Waals surface area contributed by atoms with Crippen molar-refractivity contribution in [2.24, 2.45) is 0 Å². The Balaban J connectivity index is 2.03. The summed E-state index contributed by atoms with van der Waals surface area (Å²) in [4.78, 5) is 29.6. The van der Waals surface area contributed by atoms with Crippen molar-refractivity contribution in [3.8, 4) is 0 Å². The standard InChI is InChI=1S/C18H19F2N3O2/c1-11-7-8-21-15(9-11)22-16(24)10-23(3)18(25)12(2)17-13(19)5-4-6-14(17)20/h4-9,12H,10H2,1-3H3,(H,21,22,24)/t12-/m1/s1. The van der Waals surface area contributed by atoms with Gasteiger partial charge in [0.2, 0.25) is 11.8 Å². The Bertz CT molecular complexity index is 775. The summed E-state index contributed by atoms with van der Waals surface area (Å²) in [5, 5.41) is 2.58. The van der Waals surface area contributed by atoms with E-state index in [9.17, 15) is 18.4 Å². The maximum atomic E-state index is 13.8. The highest BCUT2D eigenvalue weighted by Crippen LogP contribution is 2.23. The fourth-order valence-corrected chi connectivity index (χ4v) is 2.46. The van der Waals surface area contributed by atoms with Crippen molar-refractivity contribution < 1.29 is 18.4 Å². The number of rotatable bonds is 5. The number of benzene rings is 1. The smallest absolute Gasteiger partial charge is 0.245 e. The molecule has 0 saturated heterocycles. The predicted molar refractivity (Wildman–Crippen MR) is 90.0 cm³/mol. The summed E-state index contributed by atoms with van der Waals surface area (Å²) in [7, 11) is 1.40. The molecule has 0 radical (unpaired) electrons. The van der Waals surface area contributed by atoms with Gasteiger partial charge in [0.05, 0.1) is 12.5 Å². The number of amides is 2. The van der Waals surface area contributed by atoms with Crippen LogP contribution in [-0.2, 0) is 9.59 Å². The zero-order valence-corrected chi connectivity index (χ0v) is 14.2. The van der Waals surface area contributed by atoms with E-state index in [-0.39, 0.29) is 12.1 Å². The van der Waals surface area contributed by atoms with Crippen LogP contribution in [0.15, 0.2) is 36.5 Å². The highest BCUT2D eigenvalue weighted by atomic mass is 19.1. The zero-order valence-electron chi connectivity index (χ0n) is 14.2. The van der Waals surface area contributed by atoms with Gasteiger partial charge in [0.1, 0.15) is 17.5 Å². The van der Waals surface area contributed by atoms with Crippen LogP contribution in [0.2, 0.25) is 0 Å². The van der Waals surface area contributed by atoms with Gasteiger partial charge >= 0.3 is 0 Å². The monoisotopic (exact) mass is 347 g/mol. The second-order valence-corrected chi connectivity index (χ2v) is 5.82. The van der Waals surface area contributed by atoms with E-state index in [0.717, 1.165) is 22.6 Å². The lowest BCUT2D eigenvalue weighted by Crippen LogP contribution is -2.37. The third-order valence-electron chi connectivity index (χ3n) is 3.74. The largest absolute Gasteiger partial charge is 0.336 e. The van der Waals surface area contributed by atoms with Crippen molar-refractivity contribution in [2.75, 3.05) is 18.9 Å². The van der Waals surface area contributed by atoms with Crippen LogP contribution < -0.4 is 5.32 Å². The van der Waals surface area contributed by atoms with E-state index in [2.05, 4.69) is 10.3 Å². The van der Waals surface area contributed by atoms with Crippen molar-refractivity contribution in [2.45, 2.75) is 19.8 Å². The average molecular weight is 347 g/mol. The average Bonchev–Trinajstić information content (AvgIpc) is 2.53. The number of aromatic nitrogens is 1. The number of hydrogen-bond acceptors (Lipinski definition) is 3. The third-order valence-corrected chi connectivity index (χ3v) is 3.74. The molecule has 2 rings (SSSR count). The first kappa shape index (κ1) is 18.5. The Morgan fingerprint density at radius 2 is 1.88 bits per heavy atom. The maximum Gasteiger partial charge on any atom is 0.245 e. The molecule has 0 spiro atoms. The number of nitrogens with zero attached hydrogens (tertiary/aromatic N) is 2. The molecule has 2 aromatic rings.